The van der Waals surface area contributed by atoms with Gasteiger partial charge < -0.3 is 14.8 Å². The lowest BCUT2D eigenvalue weighted by Crippen LogP contribution is -2.11. The van der Waals surface area contributed by atoms with E-state index in [4.69, 9.17) is 10.3 Å². The highest BCUT2D eigenvalue weighted by atomic mass is 79.9. The lowest BCUT2D eigenvalue weighted by atomic mass is 10.1. The number of thiophene rings is 1. The quantitative estimate of drug-likeness (QED) is 0.289. The molecule has 0 fully saturated rings. The predicted molar refractivity (Wildman–Crippen MR) is 131 cm³/mol. The summed E-state index contributed by atoms with van der Waals surface area (Å²) in [5.41, 5.74) is 8.86. The summed E-state index contributed by atoms with van der Waals surface area (Å²) in [7, 11) is -3.68. The molecule has 0 aliphatic rings. The standard InChI is InChI=1S/C16H15BrN2O3S2.C4H5BrN2O/c1-11-15(17)16(22-18-11)19-24(20,21)14-9-13(10-23-14)8-7-12-5-3-2-4-6-12;1-2-3(5)4(6)8-7-2/h2-6,9-10,19H,7-8H2,1H3;6H2,1H3. The van der Waals surface area contributed by atoms with Crippen molar-refractivity contribution in [1.29, 1.82) is 0 Å². The van der Waals surface area contributed by atoms with Crippen molar-refractivity contribution in [3.63, 3.8) is 0 Å². The fourth-order valence-corrected chi connectivity index (χ4v) is 5.29. The highest BCUT2D eigenvalue weighted by molar-refractivity contribution is 9.11. The molecule has 0 unspecified atom stereocenters. The van der Waals surface area contributed by atoms with Crippen LogP contribution in [0.25, 0.3) is 0 Å². The normalized spacial score (nSPS) is 11.1. The van der Waals surface area contributed by atoms with Crippen molar-refractivity contribution in [3.05, 3.63) is 73.2 Å². The SMILES string of the molecule is Cc1noc(N)c1Br.Cc1noc(NS(=O)(=O)c2cc(CCc3ccccc3)cs2)c1Br. The average molecular weight is 604 g/mol. The van der Waals surface area contributed by atoms with Gasteiger partial charge in [-0.05, 0) is 81.1 Å². The first kappa shape index (κ1) is 24.5. The zero-order valence-electron chi connectivity index (χ0n) is 17.1. The summed E-state index contributed by atoms with van der Waals surface area (Å²) >= 11 is 7.62. The number of hydrogen-bond donors (Lipinski definition) is 2. The topological polar surface area (TPSA) is 124 Å². The molecule has 32 heavy (non-hydrogen) atoms. The van der Waals surface area contributed by atoms with Gasteiger partial charge in [0.25, 0.3) is 15.9 Å². The summed E-state index contributed by atoms with van der Waals surface area (Å²) in [6.07, 6.45) is 1.67. The maximum Gasteiger partial charge on any atom is 0.273 e. The number of nitrogen functional groups attached to an aromatic ring is 1. The number of nitrogens with one attached hydrogen (secondary N) is 1. The first-order chi connectivity index (χ1) is 15.2. The van der Waals surface area contributed by atoms with Crippen LogP contribution in [0.5, 0.6) is 0 Å². The Morgan fingerprint density at radius 2 is 1.62 bits per heavy atom. The van der Waals surface area contributed by atoms with Gasteiger partial charge in [0.2, 0.25) is 5.88 Å². The number of halogens is 2. The van der Waals surface area contributed by atoms with Crippen molar-refractivity contribution in [2.75, 3.05) is 10.5 Å². The third-order valence-electron chi connectivity index (χ3n) is 4.27. The fraction of sp³-hybridized carbons (Fsp3) is 0.200. The maximum absolute atomic E-state index is 12.4. The molecule has 3 aromatic heterocycles. The molecule has 1 aromatic carbocycles. The summed E-state index contributed by atoms with van der Waals surface area (Å²) in [6.45, 7) is 3.53. The number of hydrogen-bond acceptors (Lipinski definition) is 8. The lowest BCUT2D eigenvalue weighted by molar-refractivity contribution is 0.430. The van der Waals surface area contributed by atoms with E-state index in [9.17, 15) is 8.42 Å². The van der Waals surface area contributed by atoms with E-state index in [1.165, 1.54) is 16.9 Å². The minimum absolute atomic E-state index is 0.0896. The highest BCUT2D eigenvalue weighted by Gasteiger charge is 2.21. The molecule has 170 valence electrons. The molecule has 12 heteroatoms. The van der Waals surface area contributed by atoms with E-state index in [1.54, 1.807) is 13.0 Å². The molecule has 3 heterocycles. The molecule has 0 radical (unpaired) electrons. The second-order valence-corrected chi connectivity index (χ2v) is 11.1. The summed E-state index contributed by atoms with van der Waals surface area (Å²) in [4.78, 5) is 0. The number of aryl methyl sites for hydroxylation is 4. The molecular weight excluding hydrogens is 584 g/mol. The van der Waals surface area contributed by atoms with Crippen molar-refractivity contribution < 1.29 is 17.5 Å². The number of anilines is 2. The zero-order valence-corrected chi connectivity index (χ0v) is 21.9. The largest absolute Gasteiger partial charge is 0.367 e. The van der Waals surface area contributed by atoms with Crippen molar-refractivity contribution in [3.8, 4) is 0 Å². The number of nitrogens with zero attached hydrogens (tertiary/aromatic N) is 2. The Hall–Kier alpha value is -2.15. The Balaban J connectivity index is 0.000000305. The van der Waals surface area contributed by atoms with E-state index < -0.39 is 10.0 Å². The van der Waals surface area contributed by atoms with Gasteiger partial charge in [0.1, 0.15) is 13.2 Å². The molecule has 0 saturated heterocycles. The summed E-state index contributed by atoms with van der Waals surface area (Å²) in [5.74, 6) is 0.425. The lowest BCUT2D eigenvalue weighted by Gasteiger charge is -2.02. The molecule has 0 atom stereocenters. The van der Waals surface area contributed by atoms with Crippen molar-refractivity contribution >= 4 is 65.0 Å². The van der Waals surface area contributed by atoms with Crippen LogP contribution >= 0.6 is 43.2 Å². The molecular formula is C20H20Br2N4O4S2. The van der Waals surface area contributed by atoms with Crippen LogP contribution in [-0.2, 0) is 22.9 Å². The monoisotopic (exact) mass is 602 g/mol. The molecule has 3 N–H and O–H groups in total. The van der Waals surface area contributed by atoms with Crippen LogP contribution in [0, 0.1) is 13.8 Å². The van der Waals surface area contributed by atoms with E-state index in [0.29, 0.717) is 16.1 Å². The molecule has 0 aliphatic carbocycles. The van der Waals surface area contributed by atoms with Crippen LogP contribution in [0.1, 0.15) is 22.5 Å². The molecule has 8 nitrogen and oxygen atoms in total. The van der Waals surface area contributed by atoms with Crippen LogP contribution in [0.3, 0.4) is 0 Å². The smallest absolute Gasteiger partial charge is 0.273 e. The van der Waals surface area contributed by atoms with Gasteiger partial charge in [-0.25, -0.2) is 13.1 Å². The van der Waals surface area contributed by atoms with Crippen LogP contribution in [0.4, 0.5) is 11.8 Å². The molecule has 4 rings (SSSR count). The zero-order chi connectivity index (χ0) is 23.3. The highest BCUT2D eigenvalue weighted by Crippen LogP contribution is 2.29. The molecule has 0 bridgehead atoms. The van der Waals surface area contributed by atoms with Crippen LogP contribution in [0.15, 0.2) is 64.0 Å². The van der Waals surface area contributed by atoms with Gasteiger partial charge in [0, 0.05) is 0 Å². The number of rotatable bonds is 6. The van der Waals surface area contributed by atoms with E-state index in [-0.39, 0.29) is 10.1 Å². The first-order valence-electron chi connectivity index (χ1n) is 9.30. The molecule has 0 saturated carbocycles. The second-order valence-electron chi connectivity index (χ2n) is 6.72. The second kappa shape index (κ2) is 10.6. The third kappa shape index (κ3) is 6.21. The Labute approximate surface area is 206 Å². The molecule has 4 aromatic rings. The van der Waals surface area contributed by atoms with Gasteiger partial charge in [-0.2, -0.15) is 0 Å². The van der Waals surface area contributed by atoms with Gasteiger partial charge in [0.15, 0.2) is 0 Å². The minimum Gasteiger partial charge on any atom is -0.367 e. The van der Waals surface area contributed by atoms with Gasteiger partial charge in [-0.15, -0.1) is 11.3 Å². The summed E-state index contributed by atoms with van der Waals surface area (Å²) in [6, 6.07) is 11.8. The van der Waals surface area contributed by atoms with E-state index >= 15 is 0 Å². The maximum atomic E-state index is 12.4. The Morgan fingerprint density at radius 1 is 1.00 bits per heavy atom. The number of nitrogens with two attached hydrogens (primary N) is 1. The van der Waals surface area contributed by atoms with E-state index in [1.807, 2.05) is 30.5 Å². The van der Waals surface area contributed by atoms with Gasteiger partial charge in [0.05, 0.1) is 11.4 Å². The number of aromatic nitrogens is 2. The van der Waals surface area contributed by atoms with Crippen LogP contribution < -0.4 is 10.5 Å². The first-order valence-corrected chi connectivity index (χ1v) is 13.3. The Bertz CT molecular complexity index is 1260. The third-order valence-corrected chi connectivity index (χ3v) is 8.99. The average Bonchev–Trinajstić information content (AvgIpc) is 3.46. The van der Waals surface area contributed by atoms with E-state index in [0.717, 1.165) is 28.6 Å². The van der Waals surface area contributed by atoms with Gasteiger partial charge >= 0.3 is 0 Å². The number of benzene rings is 1. The number of sulfonamides is 1. The molecule has 0 spiro atoms. The van der Waals surface area contributed by atoms with Crippen molar-refractivity contribution in [2.24, 2.45) is 0 Å². The molecule has 0 aliphatic heterocycles. The van der Waals surface area contributed by atoms with Crippen molar-refractivity contribution in [1.82, 2.24) is 10.3 Å². The Morgan fingerprint density at radius 3 is 2.16 bits per heavy atom. The summed E-state index contributed by atoms with van der Waals surface area (Å²) in [5, 5.41) is 9.16. The van der Waals surface area contributed by atoms with Crippen LogP contribution in [-0.4, -0.2) is 18.7 Å². The Kier molecular flexibility index (Phi) is 8.15. The molecule has 0 amide bonds. The van der Waals surface area contributed by atoms with Crippen LogP contribution in [0.2, 0.25) is 0 Å². The fourth-order valence-electron chi connectivity index (χ4n) is 2.53. The minimum atomic E-state index is -3.68. The summed E-state index contributed by atoms with van der Waals surface area (Å²) < 4.78 is 38.4. The predicted octanol–water partition coefficient (Wildman–Crippen LogP) is 5.72. The van der Waals surface area contributed by atoms with Gasteiger partial charge in [-0.3, -0.25) is 0 Å². The van der Waals surface area contributed by atoms with E-state index in [2.05, 4.69) is 63.6 Å². The van der Waals surface area contributed by atoms with Gasteiger partial charge in [-0.1, -0.05) is 40.6 Å². The van der Waals surface area contributed by atoms with Crippen molar-refractivity contribution in [2.45, 2.75) is 30.9 Å².